The Bertz CT molecular complexity index is 1470. The standard InChI is InChI=1S/C26H19N3O5/c1-16-8-10-22-20(12-16)26(30)24(34-22)14-18-15-28(19-6-4-3-5-7-19)27-25(18)17-9-11-23(33-2)21(13-17)29(31)32/h3-15H,1-2H3/b24-14-. The quantitative estimate of drug-likeness (QED) is 0.229. The Morgan fingerprint density at radius 2 is 1.88 bits per heavy atom. The van der Waals surface area contributed by atoms with Crippen LogP contribution in [-0.2, 0) is 0 Å². The summed E-state index contributed by atoms with van der Waals surface area (Å²) in [4.78, 5) is 24.0. The van der Waals surface area contributed by atoms with Crippen molar-refractivity contribution in [1.82, 2.24) is 9.78 Å². The van der Waals surface area contributed by atoms with Gasteiger partial charge in [0.05, 0.1) is 23.3 Å². The molecule has 34 heavy (non-hydrogen) atoms. The Kier molecular flexibility index (Phi) is 5.18. The number of para-hydroxylation sites is 1. The lowest BCUT2D eigenvalue weighted by atomic mass is 10.0. The molecule has 0 aliphatic carbocycles. The van der Waals surface area contributed by atoms with Crippen LogP contribution in [0.25, 0.3) is 23.0 Å². The molecule has 0 atom stereocenters. The SMILES string of the molecule is COc1ccc(-c2nn(-c3ccccc3)cc2/C=C2\Oc3ccc(C)cc3C2=O)cc1[N+](=O)[O-]. The lowest BCUT2D eigenvalue weighted by Crippen LogP contribution is -1.98. The van der Waals surface area contributed by atoms with Crippen LogP contribution < -0.4 is 9.47 Å². The molecule has 0 amide bonds. The molecule has 0 bridgehead atoms. The van der Waals surface area contributed by atoms with Crippen LogP contribution in [0, 0.1) is 17.0 Å². The van der Waals surface area contributed by atoms with Crippen LogP contribution in [0.4, 0.5) is 5.69 Å². The molecule has 8 heteroatoms. The number of hydrogen-bond acceptors (Lipinski definition) is 6. The van der Waals surface area contributed by atoms with Crippen LogP contribution in [0.1, 0.15) is 21.5 Å². The van der Waals surface area contributed by atoms with E-state index in [9.17, 15) is 14.9 Å². The van der Waals surface area contributed by atoms with Gasteiger partial charge >= 0.3 is 5.69 Å². The molecule has 8 nitrogen and oxygen atoms in total. The maximum Gasteiger partial charge on any atom is 0.311 e. The van der Waals surface area contributed by atoms with Crippen molar-refractivity contribution in [3.05, 3.63) is 105 Å². The Labute approximate surface area is 194 Å². The third-order valence-corrected chi connectivity index (χ3v) is 5.52. The van der Waals surface area contributed by atoms with Crippen molar-refractivity contribution < 1.29 is 19.2 Å². The molecule has 168 valence electrons. The van der Waals surface area contributed by atoms with Crippen LogP contribution >= 0.6 is 0 Å². The molecule has 1 aliphatic heterocycles. The zero-order valence-electron chi connectivity index (χ0n) is 18.4. The number of benzene rings is 3. The van der Waals surface area contributed by atoms with Crippen molar-refractivity contribution in [2.24, 2.45) is 0 Å². The average molecular weight is 453 g/mol. The molecule has 0 unspecified atom stereocenters. The zero-order chi connectivity index (χ0) is 23.8. The van der Waals surface area contributed by atoms with Gasteiger partial charge in [0.1, 0.15) is 11.4 Å². The topological polar surface area (TPSA) is 96.5 Å². The molecular formula is C26H19N3O5. The minimum atomic E-state index is -0.503. The maximum absolute atomic E-state index is 13.0. The van der Waals surface area contributed by atoms with Gasteiger partial charge in [-0.2, -0.15) is 5.10 Å². The van der Waals surface area contributed by atoms with E-state index in [1.165, 1.54) is 19.2 Å². The number of nitro benzene ring substituents is 1. The average Bonchev–Trinajstić information content (AvgIpc) is 3.40. The molecule has 0 N–H and O–H groups in total. The smallest absolute Gasteiger partial charge is 0.311 e. The first-order valence-electron chi connectivity index (χ1n) is 10.5. The second kappa shape index (κ2) is 8.32. The number of ketones is 1. The van der Waals surface area contributed by atoms with Crippen molar-refractivity contribution in [1.29, 1.82) is 0 Å². The fourth-order valence-electron chi connectivity index (χ4n) is 3.85. The minimum absolute atomic E-state index is 0.149. The lowest BCUT2D eigenvalue weighted by Gasteiger charge is -2.05. The van der Waals surface area contributed by atoms with E-state index in [4.69, 9.17) is 9.47 Å². The fraction of sp³-hybridized carbons (Fsp3) is 0.0769. The summed E-state index contributed by atoms with van der Waals surface area (Å²) in [6.45, 7) is 1.91. The van der Waals surface area contributed by atoms with Gasteiger partial charge in [0.15, 0.2) is 11.5 Å². The largest absolute Gasteiger partial charge is 0.490 e. The third-order valence-electron chi connectivity index (χ3n) is 5.52. The number of carbonyl (C=O) groups excluding carboxylic acids is 1. The number of hydrogen-bond donors (Lipinski definition) is 0. The summed E-state index contributed by atoms with van der Waals surface area (Å²) in [5.41, 5.74) is 3.64. The predicted octanol–water partition coefficient (Wildman–Crippen LogP) is 5.38. The van der Waals surface area contributed by atoms with Gasteiger partial charge in [0.25, 0.3) is 0 Å². The summed E-state index contributed by atoms with van der Waals surface area (Å²) in [6, 6.07) is 19.5. The molecule has 1 aliphatic rings. The van der Waals surface area contributed by atoms with Crippen molar-refractivity contribution in [2.45, 2.75) is 6.92 Å². The highest BCUT2D eigenvalue weighted by Gasteiger charge is 2.28. The van der Waals surface area contributed by atoms with Crippen LogP contribution in [0.2, 0.25) is 0 Å². The first-order valence-corrected chi connectivity index (χ1v) is 10.5. The summed E-state index contributed by atoms with van der Waals surface area (Å²) >= 11 is 0. The van der Waals surface area contributed by atoms with E-state index >= 15 is 0 Å². The molecule has 2 heterocycles. The van der Waals surface area contributed by atoms with E-state index in [1.807, 2.05) is 43.3 Å². The summed E-state index contributed by atoms with van der Waals surface area (Å²) in [5.74, 6) is 0.588. The molecule has 0 fully saturated rings. The van der Waals surface area contributed by atoms with E-state index in [1.54, 1.807) is 35.2 Å². The number of rotatable bonds is 5. The summed E-state index contributed by atoms with van der Waals surface area (Å²) in [5, 5.41) is 16.3. The Hall–Kier alpha value is -4.72. The van der Waals surface area contributed by atoms with Gasteiger partial charge in [-0.05, 0) is 49.4 Å². The van der Waals surface area contributed by atoms with Gasteiger partial charge in [0, 0.05) is 23.4 Å². The van der Waals surface area contributed by atoms with Crippen molar-refractivity contribution in [2.75, 3.05) is 7.11 Å². The molecule has 0 spiro atoms. The van der Waals surface area contributed by atoms with E-state index in [0.29, 0.717) is 28.1 Å². The number of nitrogens with zero attached hydrogens (tertiary/aromatic N) is 3. The van der Waals surface area contributed by atoms with Crippen molar-refractivity contribution >= 4 is 17.5 Å². The molecule has 0 saturated heterocycles. The lowest BCUT2D eigenvalue weighted by molar-refractivity contribution is -0.385. The highest BCUT2D eigenvalue weighted by atomic mass is 16.6. The minimum Gasteiger partial charge on any atom is -0.490 e. The number of nitro groups is 1. The zero-order valence-corrected chi connectivity index (χ0v) is 18.4. The third kappa shape index (κ3) is 3.71. The van der Waals surface area contributed by atoms with E-state index in [2.05, 4.69) is 5.10 Å². The van der Waals surface area contributed by atoms with Crippen molar-refractivity contribution in [3.63, 3.8) is 0 Å². The van der Waals surface area contributed by atoms with Crippen LogP contribution in [0.15, 0.2) is 78.7 Å². The number of allylic oxidation sites excluding steroid dienone is 1. The number of ether oxygens (including phenoxy) is 2. The highest BCUT2D eigenvalue weighted by Crippen LogP contribution is 2.36. The van der Waals surface area contributed by atoms with Crippen LogP contribution in [-0.4, -0.2) is 27.6 Å². The van der Waals surface area contributed by atoms with E-state index in [0.717, 1.165) is 11.3 Å². The second-order valence-electron chi connectivity index (χ2n) is 7.80. The number of methoxy groups -OCH3 is 1. The van der Waals surface area contributed by atoms with Crippen molar-refractivity contribution in [3.8, 4) is 28.4 Å². The van der Waals surface area contributed by atoms with Gasteiger partial charge in [-0.15, -0.1) is 0 Å². The van der Waals surface area contributed by atoms with Crippen LogP contribution in [0.3, 0.4) is 0 Å². The predicted molar refractivity (Wildman–Crippen MR) is 126 cm³/mol. The summed E-state index contributed by atoms with van der Waals surface area (Å²) in [7, 11) is 1.38. The van der Waals surface area contributed by atoms with E-state index < -0.39 is 4.92 Å². The number of Topliss-reactive ketones (excluding diaryl/α,β-unsaturated/α-hetero) is 1. The van der Waals surface area contributed by atoms with Gasteiger partial charge < -0.3 is 9.47 Å². The van der Waals surface area contributed by atoms with Gasteiger partial charge in [-0.3, -0.25) is 14.9 Å². The number of fused-ring (bicyclic) bond motifs is 1. The molecule has 1 aromatic heterocycles. The van der Waals surface area contributed by atoms with Gasteiger partial charge in [-0.25, -0.2) is 4.68 Å². The molecular weight excluding hydrogens is 434 g/mol. The number of aromatic nitrogens is 2. The van der Waals surface area contributed by atoms with Gasteiger partial charge in [0.2, 0.25) is 5.78 Å². The maximum atomic E-state index is 13.0. The molecule has 0 saturated carbocycles. The normalized spacial score (nSPS) is 13.6. The Morgan fingerprint density at radius 3 is 2.62 bits per heavy atom. The molecule has 4 aromatic rings. The first-order chi connectivity index (χ1) is 16.4. The van der Waals surface area contributed by atoms with E-state index in [-0.39, 0.29) is 23.0 Å². The molecule has 3 aromatic carbocycles. The number of carbonyl (C=O) groups is 1. The summed E-state index contributed by atoms with van der Waals surface area (Å²) in [6.07, 6.45) is 3.38. The summed E-state index contributed by atoms with van der Waals surface area (Å²) < 4.78 is 12.6. The first kappa shape index (κ1) is 21.1. The van der Waals surface area contributed by atoms with Crippen LogP contribution in [0.5, 0.6) is 11.5 Å². The molecule has 0 radical (unpaired) electrons. The van der Waals surface area contributed by atoms with Gasteiger partial charge in [-0.1, -0.05) is 29.8 Å². The molecule has 5 rings (SSSR count). The Morgan fingerprint density at radius 1 is 1.09 bits per heavy atom. The highest BCUT2D eigenvalue weighted by molar-refractivity contribution is 6.14. The monoisotopic (exact) mass is 453 g/mol. The number of aryl methyl sites for hydroxylation is 1. The second-order valence-corrected chi connectivity index (χ2v) is 7.80. The Balaban J connectivity index is 1.65. The fourth-order valence-corrected chi connectivity index (χ4v) is 3.85.